The summed E-state index contributed by atoms with van der Waals surface area (Å²) in [4.78, 5) is 31.4. The molecule has 32 heavy (non-hydrogen) atoms. The number of hydrogen-bond acceptors (Lipinski definition) is 6. The van der Waals surface area contributed by atoms with E-state index in [2.05, 4.69) is 4.98 Å². The van der Waals surface area contributed by atoms with Crippen LogP contribution in [0, 0.1) is 6.92 Å². The first-order chi connectivity index (χ1) is 15.4. The minimum Gasteiger partial charge on any atom is -0.507 e. The molecule has 3 aromatic rings. The van der Waals surface area contributed by atoms with E-state index in [1.54, 1.807) is 54.9 Å². The summed E-state index contributed by atoms with van der Waals surface area (Å²) in [5, 5.41) is 11.1. The summed E-state index contributed by atoms with van der Waals surface area (Å²) < 4.78 is 11.3. The standard InChI is InChI=1S/C25H24N2O5/c1-15(2)32-19-7-6-18(13-16(19)3)23(28)21-22(20-5-4-12-31-20)27(25(30)24(21)29)14-17-8-10-26-11-9-17/h4-13,15,22,28H,14H2,1-3H3/b23-21-. The highest BCUT2D eigenvalue weighted by Crippen LogP contribution is 2.40. The maximum absolute atomic E-state index is 13.0. The van der Waals surface area contributed by atoms with E-state index in [1.807, 2.05) is 20.8 Å². The molecule has 7 nitrogen and oxygen atoms in total. The minimum absolute atomic E-state index is 0.00376. The van der Waals surface area contributed by atoms with Crippen LogP contribution in [-0.2, 0) is 16.1 Å². The van der Waals surface area contributed by atoms with Gasteiger partial charge in [0.05, 0.1) is 17.9 Å². The monoisotopic (exact) mass is 432 g/mol. The fourth-order valence-electron chi connectivity index (χ4n) is 3.81. The Balaban J connectivity index is 1.79. The lowest BCUT2D eigenvalue weighted by Gasteiger charge is -2.23. The van der Waals surface area contributed by atoms with Crippen molar-refractivity contribution in [3.63, 3.8) is 0 Å². The molecule has 0 spiro atoms. The number of furan rings is 1. The number of benzene rings is 1. The normalized spacial score (nSPS) is 17.9. The van der Waals surface area contributed by atoms with Crippen molar-refractivity contribution in [1.82, 2.24) is 9.88 Å². The minimum atomic E-state index is -0.843. The smallest absolute Gasteiger partial charge is 0.296 e. The number of aliphatic hydroxyl groups excluding tert-OH is 1. The van der Waals surface area contributed by atoms with E-state index in [-0.39, 0.29) is 24.0 Å². The Kier molecular flexibility index (Phi) is 5.81. The van der Waals surface area contributed by atoms with Gasteiger partial charge in [-0.2, -0.15) is 0 Å². The van der Waals surface area contributed by atoms with Crippen LogP contribution >= 0.6 is 0 Å². The van der Waals surface area contributed by atoms with Crippen molar-refractivity contribution in [1.29, 1.82) is 0 Å². The van der Waals surface area contributed by atoms with E-state index >= 15 is 0 Å². The molecular weight excluding hydrogens is 408 g/mol. The lowest BCUT2D eigenvalue weighted by molar-refractivity contribution is -0.140. The van der Waals surface area contributed by atoms with Crippen molar-refractivity contribution in [2.45, 2.75) is 39.5 Å². The molecular formula is C25H24N2O5. The molecule has 1 atom stereocenters. The van der Waals surface area contributed by atoms with Gasteiger partial charge in [0.15, 0.2) is 0 Å². The number of pyridine rings is 1. The zero-order valence-corrected chi connectivity index (χ0v) is 18.1. The van der Waals surface area contributed by atoms with Crippen LogP contribution in [0.25, 0.3) is 5.76 Å². The summed E-state index contributed by atoms with van der Waals surface area (Å²) in [6.45, 7) is 5.90. The number of ether oxygens (including phenoxy) is 1. The highest BCUT2D eigenvalue weighted by molar-refractivity contribution is 6.46. The third-order valence-electron chi connectivity index (χ3n) is 5.27. The molecule has 2 aromatic heterocycles. The number of likely N-dealkylation sites (tertiary alicyclic amines) is 1. The molecule has 0 aliphatic carbocycles. The van der Waals surface area contributed by atoms with Crippen molar-refractivity contribution < 1.29 is 23.8 Å². The molecule has 7 heteroatoms. The van der Waals surface area contributed by atoms with Gasteiger partial charge in [-0.15, -0.1) is 0 Å². The number of rotatable bonds is 6. The van der Waals surface area contributed by atoms with Gasteiger partial charge in [-0.25, -0.2) is 0 Å². The van der Waals surface area contributed by atoms with Gasteiger partial charge in [0.1, 0.15) is 23.3 Å². The molecule has 1 unspecified atom stereocenters. The zero-order valence-electron chi connectivity index (χ0n) is 18.1. The highest BCUT2D eigenvalue weighted by atomic mass is 16.5. The van der Waals surface area contributed by atoms with Gasteiger partial charge >= 0.3 is 0 Å². The molecule has 1 fully saturated rings. The Hall–Kier alpha value is -3.87. The van der Waals surface area contributed by atoms with E-state index in [1.165, 1.54) is 11.2 Å². The number of amides is 1. The van der Waals surface area contributed by atoms with Crippen LogP contribution in [0.1, 0.15) is 42.3 Å². The van der Waals surface area contributed by atoms with Crippen molar-refractivity contribution in [3.05, 3.63) is 89.1 Å². The van der Waals surface area contributed by atoms with E-state index < -0.39 is 17.7 Å². The van der Waals surface area contributed by atoms with Crippen LogP contribution in [0.15, 0.2) is 71.1 Å². The molecule has 0 bridgehead atoms. The number of nitrogens with zero attached hydrogens (tertiary/aromatic N) is 2. The Labute approximate surface area is 186 Å². The topological polar surface area (TPSA) is 92.9 Å². The Morgan fingerprint density at radius 3 is 2.56 bits per heavy atom. The number of aryl methyl sites for hydroxylation is 1. The van der Waals surface area contributed by atoms with Crippen LogP contribution in [0.2, 0.25) is 0 Å². The van der Waals surface area contributed by atoms with Crippen molar-refractivity contribution in [2.24, 2.45) is 0 Å². The number of carbonyl (C=O) groups excluding carboxylic acids is 2. The summed E-state index contributed by atoms with van der Waals surface area (Å²) in [5.41, 5.74) is 2.04. The first-order valence-electron chi connectivity index (χ1n) is 10.3. The molecule has 0 radical (unpaired) electrons. The fraction of sp³-hybridized carbons (Fsp3) is 0.240. The summed E-state index contributed by atoms with van der Waals surface area (Å²) >= 11 is 0. The zero-order chi connectivity index (χ0) is 22.8. The van der Waals surface area contributed by atoms with Gasteiger partial charge in [-0.3, -0.25) is 14.6 Å². The third-order valence-corrected chi connectivity index (χ3v) is 5.27. The molecule has 1 N–H and O–H groups in total. The van der Waals surface area contributed by atoms with Crippen LogP contribution in [-0.4, -0.2) is 32.8 Å². The van der Waals surface area contributed by atoms with Gasteiger partial charge in [0.2, 0.25) is 0 Å². The van der Waals surface area contributed by atoms with E-state index in [9.17, 15) is 14.7 Å². The van der Waals surface area contributed by atoms with Crippen LogP contribution in [0.3, 0.4) is 0 Å². The maximum atomic E-state index is 13.0. The maximum Gasteiger partial charge on any atom is 0.296 e. The molecule has 4 rings (SSSR count). The van der Waals surface area contributed by atoms with Gasteiger partial charge < -0.3 is 19.2 Å². The number of ketones is 1. The predicted molar refractivity (Wildman–Crippen MR) is 118 cm³/mol. The molecule has 1 saturated heterocycles. The van der Waals surface area contributed by atoms with Crippen LogP contribution in [0.5, 0.6) is 5.75 Å². The first kappa shape index (κ1) is 21.4. The third kappa shape index (κ3) is 4.01. The molecule has 0 saturated carbocycles. The van der Waals surface area contributed by atoms with Gasteiger partial charge in [-0.05, 0) is 74.4 Å². The largest absolute Gasteiger partial charge is 0.507 e. The molecule has 1 amide bonds. The lowest BCUT2D eigenvalue weighted by atomic mass is 9.98. The van der Waals surface area contributed by atoms with E-state index in [4.69, 9.17) is 9.15 Å². The van der Waals surface area contributed by atoms with Crippen molar-refractivity contribution >= 4 is 17.4 Å². The second-order valence-electron chi connectivity index (χ2n) is 7.94. The number of Topliss-reactive ketones (excluding diaryl/α,β-unsaturated/α-hetero) is 1. The molecule has 1 aliphatic rings. The number of carbonyl (C=O) groups is 2. The average Bonchev–Trinajstić information content (AvgIpc) is 3.38. The number of aliphatic hydroxyl groups is 1. The van der Waals surface area contributed by atoms with Crippen LogP contribution in [0.4, 0.5) is 0 Å². The van der Waals surface area contributed by atoms with E-state index in [0.717, 1.165) is 11.1 Å². The second kappa shape index (κ2) is 8.70. The Morgan fingerprint density at radius 2 is 1.94 bits per heavy atom. The average molecular weight is 432 g/mol. The number of hydrogen-bond donors (Lipinski definition) is 1. The van der Waals surface area contributed by atoms with Gasteiger partial charge in [0.25, 0.3) is 11.7 Å². The first-order valence-corrected chi connectivity index (χ1v) is 10.3. The SMILES string of the molecule is Cc1cc(/C(O)=C2/C(=O)C(=O)N(Cc3ccncc3)C2c2ccco2)ccc1OC(C)C. The van der Waals surface area contributed by atoms with E-state index in [0.29, 0.717) is 17.1 Å². The molecule has 164 valence electrons. The number of aromatic nitrogens is 1. The summed E-state index contributed by atoms with van der Waals surface area (Å²) in [7, 11) is 0. The Bertz CT molecular complexity index is 1170. The van der Waals surface area contributed by atoms with Gasteiger partial charge in [-0.1, -0.05) is 0 Å². The van der Waals surface area contributed by atoms with Gasteiger partial charge in [0, 0.05) is 24.5 Å². The second-order valence-corrected chi connectivity index (χ2v) is 7.94. The molecule has 1 aliphatic heterocycles. The molecule has 1 aromatic carbocycles. The highest BCUT2D eigenvalue weighted by Gasteiger charge is 2.47. The predicted octanol–water partition coefficient (Wildman–Crippen LogP) is 4.39. The summed E-state index contributed by atoms with van der Waals surface area (Å²) in [5.74, 6) is -0.603. The quantitative estimate of drug-likeness (QED) is 0.353. The van der Waals surface area contributed by atoms with Crippen molar-refractivity contribution in [2.75, 3.05) is 0 Å². The fourth-order valence-corrected chi connectivity index (χ4v) is 3.81. The summed E-state index contributed by atoms with van der Waals surface area (Å²) in [6.07, 6.45) is 4.73. The van der Waals surface area contributed by atoms with Crippen molar-refractivity contribution in [3.8, 4) is 5.75 Å². The van der Waals surface area contributed by atoms with Crippen LogP contribution < -0.4 is 4.74 Å². The summed E-state index contributed by atoms with van der Waals surface area (Å²) in [6, 6.07) is 11.2. The Morgan fingerprint density at radius 1 is 1.19 bits per heavy atom. The lowest BCUT2D eigenvalue weighted by Crippen LogP contribution is -2.29. The molecule has 3 heterocycles.